The van der Waals surface area contributed by atoms with E-state index in [9.17, 15) is 0 Å². The Balaban J connectivity index is 0.000000442. The Morgan fingerprint density at radius 2 is 1.47 bits per heavy atom. The first-order valence-electron chi connectivity index (χ1n) is 6.55. The first-order valence-corrected chi connectivity index (χ1v) is 6.55. The van der Waals surface area contributed by atoms with Crippen LogP contribution in [0.15, 0.2) is 0 Å². The maximum absolute atomic E-state index is 3.57. The highest BCUT2D eigenvalue weighted by molar-refractivity contribution is 4.95. The van der Waals surface area contributed by atoms with E-state index in [1.807, 2.05) is 27.7 Å². The molecular weight excluding hydrogens is 186 g/mol. The lowest BCUT2D eigenvalue weighted by Crippen LogP contribution is -2.65. The molecule has 0 aromatic heterocycles. The van der Waals surface area contributed by atoms with E-state index in [-0.39, 0.29) is 0 Å². The van der Waals surface area contributed by atoms with Crippen LogP contribution < -0.4 is 16.0 Å². The second-order valence-electron chi connectivity index (χ2n) is 3.68. The van der Waals surface area contributed by atoms with Crippen molar-refractivity contribution in [3.8, 4) is 0 Å². The number of nitrogens with one attached hydrogen (secondary N) is 3. The third-order valence-electron chi connectivity index (χ3n) is 2.79. The molecule has 3 atom stereocenters. The molecule has 2 heterocycles. The number of fused-ring (bicyclic) bond motifs is 1. The average Bonchev–Trinajstić information content (AvgIpc) is 2.35. The SMILES string of the molecule is CC.CC.CC1CNCC2NCCNC12. The molecule has 15 heavy (non-hydrogen) atoms. The molecule has 0 aromatic rings. The predicted octanol–water partition coefficient (Wildman–Crippen LogP) is 1.21. The molecule has 0 saturated carbocycles. The maximum Gasteiger partial charge on any atom is 0.0350 e. The molecule has 92 valence electrons. The molecule has 0 aliphatic carbocycles. The van der Waals surface area contributed by atoms with Crippen molar-refractivity contribution in [1.82, 2.24) is 16.0 Å². The molecule has 0 bridgehead atoms. The summed E-state index contributed by atoms with van der Waals surface area (Å²) in [5.74, 6) is 0.765. The quantitative estimate of drug-likeness (QED) is 0.568. The summed E-state index contributed by atoms with van der Waals surface area (Å²) in [5.41, 5.74) is 0. The van der Waals surface area contributed by atoms with Gasteiger partial charge >= 0.3 is 0 Å². The highest BCUT2D eigenvalue weighted by Gasteiger charge is 2.31. The molecule has 0 radical (unpaired) electrons. The number of hydrogen-bond acceptors (Lipinski definition) is 3. The van der Waals surface area contributed by atoms with E-state index in [1.54, 1.807) is 0 Å². The summed E-state index contributed by atoms with van der Waals surface area (Å²) in [7, 11) is 0. The van der Waals surface area contributed by atoms with E-state index in [4.69, 9.17) is 0 Å². The Kier molecular flexibility index (Phi) is 9.06. The normalized spacial score (nSPS) is 33.8. The number of hydrogen-bond donors (Lipinski definition) is 3. The van der Waals surface area contributed by atoms with Crippen LogP contribution in [0.2, 0.25) is 0 Å². The van der Waals surface area contributed by atoms with Gasteiger partial charge in [-0.2, -0.15) is 0 Å². The number of piperidine rings is 1. The third kappa shape index (κ3) is 4.49. The van der Waals surface area contributed by atoms with Crippen LogP contribution in [-0.2, 0) is 0 Å². The fourth-order valence-electron chi connectivity index (χ4n) is 2.16. The Labute approximate surface area is 95.4 Å². The number of rotatable bonds is 0. The molecule has 2 saturated heterocycles. The Hall–Kier alpha value is -0.120. The minimum atomic E-state index is 0.660. The van der Waals surface area contributed by atoms with Crippen LogP contribution in [0.1, 0.15) is 34.6 Å². The minimum absolute atomic E-state index is 0.660. The Morgan fingerprint density at radius 3 is 2.07 bits per heavy atom. The highest BCUT2D eigenvalue weighted by atomic mass is 15.1. The first kappa shape index (κ1) is 14.9. The smallest absolute Gasteiger partial charge is 0.0350 e. The van der Waals surface area contributed by atoms with Crippen LogP contribution in [0.3, 0.4) is 0 Å². The number of piperazine rings is 1. The topological polar surface area (TPSA) is 36.1 Å². The summed E-state index contributed by atoms with van der Waals surface area (Å²) in [6.45, 7) is 14.8. The summed E-state index contributed by atoms with van der Waals surface area (Å²) >= 11 is 0. The maximum atomic E-state index is 3.57. The summed E-state index contributed by atoms with van der Waals surface area (Å²) in [4.78, 5) is 0. The van der Waals surface area contributed by atoms with Crippen molar-refractivity contribution in [2.75, 3.05) is 26.2 Å². The lowest BCUT2D eigenvalue weighted by molar-refractivity contribution is 0.206. The Morgan fingerprint density at radius 1 is 0.867 bits per heavy atom. The van der Waals surface area contributed by atoms with Crippen LogP contribution in [-0.4, -0.2) is 38.3 Å². The molecule has 0 spiro atoms. The zero-order valence-electron chi connectivity index (χ0n) is 11.1. The minimum Gasteiger partial charge on any atom is -0.315 e. The van der Waals surface area contributed by atoms with Gasteiger partial charge in [-0.3, -0.25) is 0 Å². The molecule has 2 aliphatic heterocycles. The van der Waals surface area contributed by atoms with Crippen molar-refractivity contribution in [2.45, 2.75) is 46.7 Å². The molecule has 3 unspecified atom stereocenters. The molecule has 2 fully saturated rings. The first-order chi connectivity index (χ1) is 7.38. The second-order valence-corrected chi connectivity index (χ2v) is 3.68. The standard InChI is InChI=1S/C8H17N3.2C2H6/c1-6-4-9-5-7-8(6)11-3-2-10-7;2*1-2/h6-11H,2-5H2,1H3;2*1-2H3. The molecule has 3 N–H and O–H groups in total. The monoisotopic (exact) mass is 215 g/mol. The van der Waals surface area contributed by atoms with Gasteiger partial charge in [0.2, 0.25) is 0 Å². The van der Waals surface area contributed by atoms with Crippen LogP contribution in [0.4, 0.5) is 0 Å². The van der Waals surface area contributed by atoms with Crippen LogP contribution >= 0.6 is 0 Å². The molecule has 2 aliphatic rings. The van der Waals surface area contributed by atoms with Gasteiger partial charge in [0.15, 0.2) is 0 Å². The largest absolute Gasteiger partial charge is 0.315 e. The van der Waals surface area contributed by atoms with E-state index in [1.165, 1.54) is 0 Å². The van der Waals surface area contributed by atoms with Crippen molar-refractivity contribution in [1.29, 1.82) is 0 Å². The summed E-state index contributed by atoms with van der Waals surface area (Å²) in [5, 5.41) is 10.5. The molecule has 3 heteroatoms. The zero-order valence-corrected chi connectivity index (χ0v) is 11.1. The van der Waals surface area contributed by atoms with Gasteiger partial charge in [0.25, 0.3) is 0 Å². The van der Waals surface area contributed by atoms with Gasteiger partial charge < -0.3 is 16.0 Å². The summed E-state index contributed by atoms with van der Waals surface area (Å²) < 4.78 is 0. The van der Waals surface area contributed by atoms with E-state index >= 15 is 0 Å². The lowest BCUT2D eigenvalue weighted by Gasteiger charge is -2.41. The van der Waals surface area contributed by atoms with Gasteiger partial charge in [-0.25, -0.2) is 0 Å². The lowest BCUT2D eigenvalue weighted by atomic mass is 9.90. The van der Waals surface area contributed by atoms with E-state index in [0.29, 0.717) is 12.1 Å². The van der Waals surface area contributed by atoms with Crippen molar-refractivity contribution < 1.29 is 0 Å². The van der Waals surface area contributed by atoms with Gasteiger partial charge in [0, 0.05) is 31.7 Å². The average molecular weight is 215 g/mol. The third-order valence-corrected chi connectivity index (χ3v) is 2.79. The zero-order chi connectivity index (χ0) is 11.7. The van der Waals surface area contributed by atoms with Crippen LogP contribution in [0.25, 0.3) is 0 Å². The fraction of sp³-hybridized carbons (Fsp3) is 1.00. The van der Waals surface area contributed by atoms with Gasteiger partial charge in [0.1, 0.15) is 0 Å². The summed E-state index contributed by atoms with van der Waals surface area (Å²) in [6, 6.07) is 1.36. The van der Waals surface area contributed by atoms with Crippen molar-refractivity contribution in [3.05, 3.63) is 0 Å². The van der Waals surface area contributed by atoms with Crippen molar-refractivity contribution in [2.24, 2.45) is 5.92 Å². The predicted molar refractivity (Wildman–Crippen MR) is 68.3 cm³/mol. The van der Waals surface area contributed by atoms with Gasteiger partial charge in [-0.15, -0.1) is 0 Å². The van der Waals surface area contributed by atoms with E-state index in [0.717, 1.165) is 32.1 Å². The highest BCUT2D eigenvalue weighted by Crippen LogP contribution is 2.12. The molecule has 2 rings (SSSR count). The van der Waals surface area contributed by atoms with Crippen LogP contribution in [0.5, 0.6) is 0 Å². The fourth-order valence-corrected chi connectivity index (χ4v) is 2.16. The van der Waals surface area contributed by atoms with Crippen LogP contribution in [0, 0.1) is 5.92 Å². The molecular formula is C12H29N3. The second kappa shape index (κ2) is 9.13. The Bertz CT molecular complexity index is 137. The molecule has 0 aromatic carbocycles. The van der Waals surface area contributed by atoms with Crippen molar-refractivity contribution >= 4 is 0 Å². The van der Waals surface area contributed by atoms with Gasteiger partial charge in [-0.1, -0.05) is 34.6 Å². The molecule has 0 amide bonds. The van der Waals surface area contributed by atoms with E-state index < -0.39 is 0 Å². The van der Waals surface area contributed by atoms with Gasteiger partial charge in [-0.05, 0) is 12.5 Å². The molecule has 3 nitrogen and oxygen atoms in total. The van der Waals surface area contributed by atoms with E-state index in [2.05, 4.69) is 22.9 Å². The van der Waals surface area contributed by atoms with Gasteiger partial charge in [0.05, 0.1) is 0 Å². The van der Waals surface area contributed by atoms with Crippen molar-refractivity contribution in [3.63, 3.8) is 0 Å². The summed E-state index contributed by atoms with van der Waals surface area (Å²) in [6.07, 6.45) is 0.